The number of carbonyl (C=O) groups excluding carboxylic acids is 1. The molecule has 4 nitrogen and oxygen atoms in total. The van der Waals surface area contributed by atoms with Crippen LogP contribution in [0.1, 0.15) is 45.1 Å². The SMILES string of the molecule is CC(C)(C)OC(=O)N1CCC(CCN)c2ccccc21. The van der Waals surface area contributed by atoms with Gasteiger partial charge in [-0.15, -0.1) is 0 Å². The van der Waals surface area contributed by atoms with Gasteiger partial charge in [0.25, 0.3) is 0 Å². The van der Waals surface area contributed by atoms with Crippen molar-refractivity contribution in [2.75, 3.05) is 18.0 Å². The molecule has 2 rings (SSSR count). The highest BCUT2D eigenvalue weighted by atomic mass is 16.6. The quantitative estimate of drug-likeness (QED) is 0.902. The Morgan fingerprint density at radius 3 is 2.75 bits per heavy atom. The molecule has 1 aromatic carbocycles. The van der Waals surface area contributed by atoms with E-state index in [1.54, 1.807) is 4.90 Å². The summed E-state index contributed by atoms with van der Waals surface area (Å²) in [5, 5.41) is 0. The van der Waals surface area contributed by atoms with Crippen molar-refractivity contribution in [3.8, 4) is 0 Å². The minimum absolute atomic E-state index is 0.267. The highest BCUT2D eigenvalue weighted by molar-refractivity contribution is 5.89. The third-order valence-corrected chi connectivity index (χ3v) is 3.50. The van der Waals surface area contributed by atoms with E-state index in [0.717, 1.165) is 18.5 Å². The van der Waals surface area contributed by atoms with Gasteiger partial charge in [0.15, 0.2) is 0 Å². The molecule has 0 aliphatic carbocycles. The first-order valence-electron chi connectivity index (χ1n) is 7.22. The van der Waals surface area contributed by atoms with Gasteiger partial charge in [0.2, 0.25) is 0 Å². The first kappa shape index (κ1) is 14.9. The lowest BCUT2D eigenvalue weighted by atomic mass is 9.87. The van der Waals surface area contributed by atoms with Crippen LogP contribution >= 0.6 is 0 Å². The second kappa shape index (κ2) is 5.83. The molecule has 1 aliphatic heterocycles. The van der Waals surface area contributed by atoms with Crippen molar-refractivity contribution in [1.82, 2.24) is 0 Å². The molecule has 0 fully saturated rings. The molecule has 4 heteroatoms. The topological polar surface area (TPSA) is 55.6 Å². The molecule has 1 amide bonds. The van der Waals surface area contributed by atoms with Crippen molar-refractivity contribution in [2.24, 2.45) is 5.73 Å². The molecule has 0 spiro atoms. The summed E-state index contributed by atoms with van der Waals surface area (Å²) < 4.78 is 5.49. The van der Waals surface area contributed by atoms with Gasteiger partial charge in [-0.05, 0) is 57.7 Å². The summed E-state index contributed by atoms with van der Waals surface area (Å²) in [6.07, 6.45) is 1.63. The average Bonchev–Trinajstić information content (AvgIpc) is 2.37. The van der Waals surface area contributed by atoms with Crippen LogP contribution in [0.15, 0.2) is 24.3 Å². The van der Waals surface area contributed by atoms with Gasteiger partial charge in [0, 0.05) is 6.54 Å². The lowest BCUT2D eigenvalue weighted by molar-refractivity contribution is 0.0576. The normalized spacial score (nSPS) is 18.6. The number of nitrogens with two attached hydrogens (primary N) is 1. The maximum atomic E-state index is 12.3. The summed E-state index contributed by atoms with van der Waals surface area (Å²) >= 11 is 0. The van der Waals surface area contributed by atoms with E-state index in [-0.39, 0.29) is 6.09 Å². The van der Waals surface area contributed by atoms with Crippen molar-refractivity contribution in [3.63, 3.8) is 0 Å². The zero-order valence-electron chi connectivity index (χ0n) is 12.6. The van der Waals surface area contributed by atoms with Crippen LogP contribution in [-0.2, 0) is 4.74 Å². The molecule has 1 heterocycles. The van der Waals surface area contributed by atoms with Crippen LogP contribution in [-0.4, -0.2) is 24.8 Å². The number of hydrogen-bond donors (Lipinski definition) is 1. The Morgan fingerprint density at radius 1 is 1.40 bits per heavy atom. The van der Waals surface area contributed by atoms with Crippen molar-refractivity contribution in [1.29, 1.82) is 0 Å². The minimum Gasteiger partial charge on any atom is -0.443 e. The lowest BCUT2D eigenvalue weighted by Crippen LogP contribution is -2.40. The predicted octanol–water partition coefficient (Wildman–Crippen LogP) is 3.26. The van der Waals surface area contributed by atoms with Gasteiger partial charge in [0.05, 0.1) is 5.69 Å². The Balaban J connectivity index is 2.25. The van der Waals surface area contributed by atoms with Gasteiger partial charge in [-0.2, -0.15) is 0 Å². The van der Waals surface area contributed by atoms with Gasteiger partial charge in [-0.1, -0.05) is 18.2 Å². The monoisotopic (exact) mass is 276 g/mol. The first-order valence-corrected chi connectivity index (χ1v) is 7.22. The minimum atomic E-state index is -0.472. The van der Waals surface area contributed by atoms with Gasteiger partial charge in [0.1, 0.15) is 5.60 Å². The fraction of sp³-hybridized carbons (Fsp3) is 0.562. The number of fused-ring (bicyclic) bond motifs is 1. The van der Waals surface area contributed by atoms with Crippen LogP contribution in [0.25, 0.3) is 0 Å². The van der Waals surface area contributed by atoms with E-state index in [9.17, 15) is 4.79 Å². The molecule has 2 N–H and O–H groups in total. The second-order valence-corrected chi connectivity index (χ2v) is 6.25. The van der Waals surface area contributed by atoms with Crippen LogP contribution < -0.4 is 10.6 Å². The molecule has 110 valence electrons. The number of carbonyl (C=O) groups is 1. The van der Waals surface area contributed by atoms with Gasteiger partial charge in [-0.25, -0.2) is 4.79 Å². The van der Waals surface area contributed by atoms with Gasteiger partial charge >= 0.3 is 6.09 Å². The standard InChI is InChI=1S/C16H24N2O2/c1-16(2,3)20-15(19)18-11-9-12(8-10-17)13-6-4-5-7-14(13)18/h4-7,12H,8-11,17H2,1-3H3. The number of hydrogen-bond acceptors (Lipinski definition) is 3. The fourth-order valence-electron chi connectivity index (χ4n) is 2.65. The van der Waals surface area contributed by atoms with Crippen molar-refractivity contribution < 1.29 is 9.53 Å². The number of rotatable bonds is 2. The lowest BCUT2D eigenvalue weighted by Gasteiger charge is -2.35. The molecule has 1 atom stereocenters. The zero-order valence-corrected chi connectivity index (χ0v) is 12.6. The van der Waals surface area contributed by atoms with Crippen LogP contribution in [0, 0.1) is 0 Å². The highest BCUT2D eigenvalue weighted by Crippen LogP contribution is 2.37. The fourth-order valence-corrected chi connectivity index (χ4v) is 2.65. The van der Waals surface area contributed by atoms with E-state index >= 15 is 0 Å². The summed E-state index contributed by atoms with van der Waals surface area (Å²) in [5.41, 5.74) is 7.38. The summed E-state index contributed by atoms with van der Waals surface area (Å²) in [7, 11) is 0. The van der Waals surface area contributed by atoms with Crippen LogP contribution in [0.3, 0.4) is 0 Å². The molecule has 0 radical (unpaired) electrons. The summed E-state index contributed by atoms with van der Waals surface area (Å²) in [5.74, 6) is 0.440. The molecule has 1 unspecified atom stereocenters. The molecular weight excluding hydrogens is 252 g/mol. The van der Waals surface area contributed by atoms with E-state index in [1.165, 1.54) is 5.56 Å². The number of ether oxygens (including phenoxy) is 1. The van der Waals surface area contributed by atoms with Crippen LogP contribution in [0.4, 0.5) is 10.5 Å². The number of para-hydroxylation sites is 1. The van der Waals surface area contributed by atoms with Gasteiger partial charge < -0.3 is 10.5 Å². The smallest absolute Gasteiger partial charge is 0.414 e. The molecule has 1 aliphatic rings. The maximum Gasteiger partial charge on any atom is 0.414 e. The Bertz CT molecular complexity index is 480. The second-order valence-electron chi connectivity index (χ2n) is 6.25. The Hall–Kier alpha value is -1.55. The number of nitrogens with zero attached hydrogens (tertiary/aromatic N) is 1. The summed E-state index contributed by atoms with van der Waals surface area (Å²) in [6.45, 7) is 7.02. The third kappa shape index (κ3) is 3.31. The summed E-state index contributed by atoms with van der Waals surface area (Å²) in [4.78, 5) is 14.1. The van der Waals surface area contributed by atoms with Crippen molar-refractivity contribution >= 4 is 11.8 Å². The average molecular weight is 276 g/mol. The molecule has 0 aromatic heterocycles. The third-order valence-electron chi connectivity index (χ3n) is 3.50. The highest BCUT2D eigenvalue weighted by Gasteiger charge is 2.30. The molecule has 0 saturated carbocycles. The molecule has 1 aromatic rings. The van der Waals surface area contributed by atoms with Crippen molar-refractivity contribution in [3.05, 3.63) is 29.8 Å². The Kier molecular flexibility index (Phi) is 4.33. The molecule has 20 heavy (non-hydrogen) atoms. The Labute approximate surface area is 120 Å². The number of benzene rings is 1. The van der Waals surface area contributed by atoms with E-state index in [0.29, 0.717) is 19.0 Å². The largest absolute Gasteiger partial charge is 0.443 e. The van der Waals surface area contributed by atoms with Gasteiger partial charge in [-0.3, -0.25) is 4.90 Å². The zero-order chi connectivity index (χ0) is 14.8. The number of amides is 1. The van der Waals surface area contributed by atoms with E-state index in [2.05, 4.69) is 6.07 Å². The Morgan fingerprint density at radius 2 is 2.10 bits per heavy atom. The predicted molar refractivity (Wildman–Crippen MR) is 81.1 cm³/mol. The van der Waals surface area contributed by atoms with Crippen LogP contribution in [0.2, 0.25) is 0 Å². The molecule has 0 saturated heterocycles. The molecular formula is C16H24N2O2. The maximum absolute atomic E-state index is 12.3. The van der Waals surface area contributed by atoms with E-state index < -0.39 is 5.60 Å². The van der Waals surface area contributed by atoms with E-state index in [1.807, 2.05) is 39.0 Å². The first-order chi connectivity index (χ1) is 9.42. The van der Waals surface area contributed by atoms with E-state index in [4.69, 9.17) is 10.5 Å². The number of anilines is 1. The van der Waals surface area contributed by atoms with Crippen LogP contribution in [0.5, 0.6) is 0 Å². The molecule has 0 bridgehead atoms. The van der Waals surface area contributed by atoms with Crippen molar-refractivity contribution in [2.45, 2.75) is 45.1 Å². The summed E-state index contributed by atoms with van der Waals surface area (Å²) in [6, 6.07) is 8.05.